The van der Waals surface area contributed by atoms with E-state index in [9.17, 15) is 14.4 Å². The zero-order valence-corrected chi connectivity index (χ0v) is 14.8. The Bertz CT molecular complexity index is 437. The molecule has 0 aliphatic carbocycles. The van der Waals surface area contributed by atoms with Crippen molar-refractivity contribution in [1.29, 1.82) is 0 Å². The van der Waals surface area contributed by atoms with Gasteiger partial charge in [0, 0.05) is 31.6 Å². The van der Waals surface area contributed by atoms with Crippen LogP contribution in [0.1, 0.15) is 47.5 Å². The standard InChI is InChI=1S/C16H29N3O4/c1-6-23-15(22)18-9-7-13(8-10-18)17-14(21)11-19(12(2)20)16(3,4)5/h13H,6-11H2,1-5H3,(H,17,21). The summed E-state index contributed by atoms with van der Waals surface area (Å²) in [5.41, 5.74) is -0.392. The first-order chi connectivity index (χ1) is 10.6. The minimum Gasteiger partial charge on any atom is -0.450 e. The van der Waals surface area contributed by atoms with E-state index in [2.05, 4.69) is 5.32 Å². The van der Waals surface area contributed by atoms with Crippen molar-refractivity contribution < 1.29 is 19.1 Å². The molecule has 1 saturated heterocycles. The summed E-state index contributed by atoms with van der Waals surface area (Å²) in [4.78, 5) is 38.7. The SMILES string of the molecule is CCOC(=O)N1CCC(NC(=O)CN(C(C)=O)C(C)(C)C)CC1. The summed E-state index contributed by atoms with van der Waals surface area (Å²) in [7, 11) is 0. The van der Waals surface area contributed by atoms with Crippen molar-refractivity contribution in [2.75, 3.05) is 26.2 Å². The highest BCUT2D eigenvalue weighted by Crippen LogP contribution is 2.14. The van der Waals surface area contributed by atoms with Gasteiger partial charge >= 0.3 is 6.09 Å². The number of carbonyl (C=O) groups is 3. The quantitative estimate of drug-likeness (QED) is 0.846. The van der Waals surface area contributed by atoms with E-state index in [1.54, 1.807) is 16.7 Å². The molecule has 0 saturated carbocycles. The van der Waals surface area contributed by atoms with Crippen LogP contribution in [-0.2, 0) is 14.3 Å². The molecule has 132 valence electrons. The van der Waals surface area contributed by atoms with Crippen LogP contribution in [0, 0.1) is 0 Å². The third kappa shape index (κ3) is 6.08. The van der Waals surface area contributed by atoms with Crippen LogP contribution in [0.2, 0.25) is 0 Å². The van der Waals surface area contributed by atoms with Crippen LogP contribution in [0.5, 0.6) is 0 Å². The van der Waals surface area contributed by atoms with Gasteiger partial charge in [0.15, 0.2) is 0 Å². The van der Waals surface area contributed by atoms with Crippen molar-refractivity contribution in [1.82, 2.24) is 15.1 Å². The predicted molar refractivity (Wildman–Crippen MR) is 86.9 cm³/mol. The Hall–Kier alpha value is -1.79. The van der Waals surface area contributed by atoms with Crippen molar-refractivity contribution in [3.05, 3.63) is 0 Å². The van der Waals surface area contributed by atoms with Crippen LogP contribution in [0.4, 0.5) is 4.79 Å². The monoisotopic (exact) mass is 327 g/mol. The van der Waals surface area contributed by atoms with Gasteiger partial charge in [-0.2, -0.15) is 0 Å². The van der Waals surface area contributed by atoms with E-state index < -0.39 is 5.54 Å². The number of carbonyl (C=O) groups excluding carboxylic acids is 3. The molecule has 0 atom stereocenters. The summed E-state index contributed by atoms with van der Waals surface area (Å²) in [6, 6.07) is 0.0296. The molecule has 3 amide bonds. The van der Waals surface area contributed by atoms with Gasteiger partial charge in [0.05, 0.1) is 6.61 Å². The summed E-state index contributed by atoms with van der Waals surface area (Å²) in [6.07, 6.45) is 1.09. The Balaban J connectivity index is 2.45. The first-order valence-corrected chi connectivity index (χ1v) is 8.14. The number of piperidine rings is 1. The fourth-order valence-corrected chi connectivity index (χ4v) is 2.66. The molecule has 0 radical (unpaired) electrons. The van der Waals surface area contributed by atoms with Crippen molar-refractivity contribution >= 4 is 17.9 Å². The van der Waals surface area contributed by atoms with Gasteiger partial charge in [-0.3, -0.25) is 9.59 Å². The summed E-state index contributed by atoms with van der Waals surface area (Å²) in [5, 5.41) is 2.96. The average Bonchev–Trinajstić information content (AvgIpc) is 2.44. The molecule has 0 spiro atoms. The zero-order valence-electron chi connectivity index (χ0n) is 14.8. The maximum atomic E-state index is 12.2. The van der Waals surface area contributed by atoms with E-state index >= 15 is 0 Å². The van der Waals surface area contributed by atoms with E-state index in [-0.39, 0.29) is 30.5 Å². The predicted octanol–water partition coefficient (Wildman–Crippen LogP) is 1.37. The van der Waals surface area contributed by atoms with E-state index in [1.165, 1.54) is 6.92 Å². The Morgan fingerprint density at radius 1 is 1.22 bits per heavy atom. The molecule has 1 fully saturated rings. The topological polar surface area (TPSA) is 79.0 Å². The van der Waals surface area contributed by atoms with Gasteiger partial charge in [-0.25, -0.2) is 4.79 Å². The van der Waals surface area contributed by atoms with Crippen molar-refractivity contribution in [3.8, 4) is 0 Å². The molecule has 1 aliphatic heterocycles. The van der Waals surface area contributed by atoms with Gasteiger partial charge in [-0.05, 0) is 40.5 Å². The number of rotatable bonds is 4. The molecule has 7 nitrogen and oxygen atoms in total. The fourth-order valence-electron chi connectivity index (χ4n) is 2.66. The molecule has 1 aliphatic rings. The molecule has 0 bridgehead atoms. The number of ether oxygens (including phenoxy) is 1. The molecule has 1 N–H and O–H groups in total. The average molecular weight is 327 g/mol. The second kappa shape index (κ2) is 8.17. The molecule has 1 heterocycles. The van der Waals surface area contributed by atoms with E-state index in [4.69, 9.17) is 4.74 Å². The Kier molecular flexibility index (Phi) is 6.84. The highest BCUT2D eigenvalue weighted by Gasteiger charge is 2.28. The van der Waals surface area contributed by atoms with Gasteiger partial charge in [-0.1, -0.05) is 0 Å². The second-order valence-electron chi connectivity index (χ2n) is 6.80. The number of hydrogen-bond donors (Lipinski definition) is 1. The summed E-state index contributed by atoms with van der Waals surface area (Å²) in [6.45, 7) is 10.5. The van der Waals surface area contributed by atoms with Crippen LogP contribution in [0.15, 0.2) is 0 Å². The van der Waals surface area contributed by atoms with Crippen molar-refractivity contribution in [3.63, 3.8) is 0 Å². The lowest BCUT2D eigenvalue weighted by Gasteiger charge is -2.36. The number of hydrogen-bond acceptors (Lipinski definition) is 4. The maximum Gasteiger partial charge on any atom is 0.409 e. The minimum atomic E-state index is -0.392. The molecule has 0 aromatic heterocycles. The van der Waals surface area contributed by atoms with Gasteiger partial charge < -0.3 is 19.9 Å². The van der Waals surface area contributed by atoms with Gasteiger partial charge in [0.2, 0.25) is 11.8 Å². The molecule has 23 heavy (non-hydrogen) atoms. The van der Waals surface area contributed by atoms with Gasteiger partial charge in [0.25, 0.3) is 0 Å². The summed E-state index contributed by atoms with van der Waals surface area (Å²) < 4.78 is 4.97. The van der Waals surface area contributed by atoms with Gasteiger partial charge in [0.1, 0.15) is 6.54 Å². The largest absolute Gasteiger partial charge is 0.450 e. The Morgan fingerprint density at radius 3 is 2.22 bits per heavy atom. The molecule has 0 unspecified atom stereocenters. The van der Waals surface area contributed by atoms with Crippen LogP contribution in [0.3, 0.4) is 0 Å². The highest BCUT2D eigenvalue weighted by atomic mass is 16.6. The van der Waals surface area contributed by atoms with Crippen LogP contribution in [-0.4, -0.2) is 65.5 Å². The van der Waals surface area contributed by atoms with Gasteiger partial charge in [-0.15, -0.1) is 0 Å². The van der Waals surface area contributed by atoms with E-state index in [0.717, 1.165) is 0 Å². The van der Waals surface area contributed by atoms with Crippen LogP contribution < -0.4 is 5.32 Å². The van der Waals surface area contributed by atoms with Crippen LogP contribution in [0.25, 0.3) is 0 Å². The molecule has 1 rings (SSSR count). The second-order valence-corrected chi connectivity index (χ2v) is 6.80. The molecule has 0 aromatic carbocycles. The fraction of sp³-hybridized carbons (Fsp3) is 0.812. The third-order valence-electron chi connectivity index (χ3n) is 3.88. The van der Waals surface area contributed by atoms with Crippen molar-refractivity contribution in [2.24, 2.45) is 0 Å². The van der Waals surface area contributed by atoms with Crippen molar-refractivity contribution in [2.45, 2.75) is 59.0 Å². The minimum absolute atomic E-state index is 0.0296. The molecular formula is C16H29N3O4. The summed E-state index contributed by atoms with van der Waals surface area (Å²) >= 11 is 0. The van der Waals surface area contributed by atoms with Crippen LogP contribution >= 0.6 is 0 Å². The molecular weight excluding hydrogens is 298 g/mol. The molecule has 7 heteroatoms. The first kappa shape index (κ1) is 19.3. The lowest BCUT2D eigenvalue weighted by Crippen LogP contribution is -2.52. The third-order valence-corrected chi connectivity index (χ3v) is 3.88. The zero-order chi connectivity index (χ0) is 17.6. The maximum absolute atomic E-state index is 12.2. The summed E-state index contributed by atoms with van der Waals surface area (Å²) in [5.74, 6) is -0.283. The number of likely N-dealkylation sites (tertiary alicyclic amines) is 1. The Morgan fingerprint density at radius 2 is 1.78 bits per heavy atom. The van der Waals surface area contributed by atoms with E-state index in [1.807, 2.05) is 20.8 Å². The smallest absolute Gasteiger partial charge is 0.409 e. The lowest BCUT2D eigenvalue weighted by molar-refractivity contribution is -0.139. The molecule has 0 aromatic rings. The highest BCUT2D eigenvalue weighted by molar-refractivity contribution is 5.84. The first-order valence-electron chi connectivity index (χ1n) is 8.14. The number of amides is 3. The normalized spacial score (nSPS) is 16.0. The Labute approximate surface area is 138 Å². The lowest BCUT2D eigenvalue weighted by atomic mass is 10.0. The van der Waals surface area contributed by atoms with E-state index in [0.29, 0.717) is 32.5 Å². The number of nitrogens with one attached hydrogen (secondary N) is 1. The number of nitrogens with zero attached hydrogens (tertiary/aromatic N) is 2.